The Bertz CT molecular complexity index is 460. The van der Waals surface area contributed by atoms with Crippen molar-refractivity contribution in [1.82, 2.24) is 5.32 Å². The van der Waals surface area contributed by atoms with Crippen LogP contribution in [-0.2, 0) is 9.59 Å². The van der Waals surface area contributed by atoms with E-state index in [9.17, 15) is 9.59 Å². The lowest BCUT2D eigenvalue weighted by Crippen LogP contribution is -2.44. The molecule has 0 saturated carbocycles. The number of anilines is 1. The lowest BCUT2D eigenvalue weighted by Gasteiger charge is -2.17. The minimum Gasteiger partial charge on any atom is -0.344 e. The highest BCUT2D eigenvalue weighted by atomic mass is 32.1. The minimum absolute atomic E-state index is 0.245. The smallest absolute Gasteiger partial charge is 0.247 e. The van der Waals surface area contributed by atoms with Gasteiger partial charge in [0.05, 0.1) is 0 Å². The van der Waals surface area contributed by atoms with Crippen LogP contribution >= 0.6 is 12.6 Å². The molecular formula is C13H18N2O2S. The summed E-state index contributed by atoms with van der Waals surface area (Å²) in [6.45, 7) is 5.30. The SMILES string of the molecule is CC(=O)NC(CS)C(=O)Nc1cccc(C)c1C. The average Bonchev–Trinajstić information content (AvgIpc) is 2.31. The first-order valence-electron chi connectivity index (χ1n) is 5.70. The molecule has 5 heteroatoms. The summed E-state index contributed by atoms with van der Waals surface area (Å²) in [6, 6.07) is 5.08. The number of hydrogen-bond acceptors (Lipinski definition) is 3. The van der Waals surface area contributed by atoms with Crippen LogP contribution in [-0.4, -0.2) is 23.6 Å². The molecule has 0 aliphatic rings. The van der Waals surface area contributed by atoms with Gasteiger partial charge in [-0.25, -0.2) is 0 Å². The highest BCUT2D eigenvalue weighted by molar-refractivity contribution is 7.80. The largest absolute Gasteiger partial charge is 0.344 e. The fourth-order valence-electron chi connectivity index (χ4n) is 1.55. The van der Waals surface area contributed by atoms with Gasteiger partial charge in [0, 0.05) is 18.4 Å². The average molecular weight is 266 g/mol. The molecule has 1 atom stereocenters. The van der Waals surface area contributed by atoms with Crippen molar-refractivity contribution in [1.29, 1.82) is 0 Å². The van der Waals surface area contributed by atoms with Crippen molar-refractivity contribution < 1.29 is 9.59 Å². The fourth-order valence-corrected chi connectivity index (χ4v) is 1.80. The van der Waals surface area contributed by atoms with E-state index in [-0.39, 0.29) is 17.6 Å². The zero-order valence-electron chi connectivity index (χ0n) is 10.8. The van der Waals surface area contributed by atoms with Crippen LogP contribution in [0.2, 0.25) is 0 Å². The van der Waals surface area contributed by atoms with Gasteiger partial charge in [0.1, 0.15) is 6.04 Å². The van der Waals surface area contributed by atoms with Crippen molar-refractivity contribution in [2.45, 2.75) is 26.8 Å². The Morgan fingerprint density at radius 3 is 2.56 bits per heavy atom. The van der Waals surface area contributed by atoms with Gasteiger partial charge in [0.2, 0.25) is 11.8 Å². The van der Waals surface area contributed by atoms with Gasteiger partial charge in [-0.1, -0.05) is 12.1 Å². The minimum atomic E-state index is -0.620. The van der Waals surface area contributed by atoms with Crippen LogP contribution in [0.3, 0.4) is 0 Å². The third kappa shape index (κ3) is 3.77. The first-order chi connectivity index (χ1) is 8.45. The van der Waals surface area contributed by atoms with Gasteiger partial charge >= 0.3 is 0 Å². The van der Waals surface area contributed by atoms with Crippen molar-refractivity contribution in [2.24, 2.45) is 0 Å². The highest BCUT2D eigenvalue weighted by Crippen LogP contribution is 2.18. The number of thiol groups is 1. The molecule has 2 N–H and O–H groups in total. The summed E-state index contributed by atoms with van der Waals surface area (Å²) in [7, 11) is 0. The van der Waals surface area contributed by atoms with Crippen molar-refractivity contribution >= 4 is 30.1 Å². The second-order valence-corrected chi connectivity index (χ2v) is 4.54. The molecule has 98 valence electrons. The summed E-state index contributed by atoms with van der Waals surface area (Å²) in [4.78, 5) is 22.9. The molecule has 1 rings (SSSR count). The first kappa shape index (κ1) is 14.6. The van der Waals surface area contributed by atoms with Crippen LogP contribution in [0.4, 0.5) is 5.69 Å². The number of carbonyl (C=O) groups is 2. The van der Waals surface area contributed by atoms with Crippen molar-refractivity contribution in [3.05, 3.63) is 29.3 Å². The normalized spacial score (nSPS) is 11.8. The maximum absolute atomic E-state index is 12.0. The van der Waals surface area contributed by atoms with Crippen LogP contribution in [0, 0.1) is 13.8 Å². The maximum Gasteiger partial charge on any atom is 0.247 e. The first-order valence-corrected chi connectivity index (χ1v) is 6.34. The molecule has 4 nitrogen and oxygen atoms in total. The van der Waals surface area contributed by atoms with E-state index in [0.717, 1.165) is 16.8 Å². The fraction of sp³-hybridized carbons (Fsp3) is 0.385. The molecular weight excluding hydrogens is 248 g/mol. The number of rotatable bonds is 4. The molecule has 1 aromatic rings. The molecule has 0 aromatic heterocycles. The lowest BCUT2D eigenvalue weighted by molar-refractivity contribution is -0.124. The number of benzene rings is 1. The van der Waals surface area contributed by atoms with Gasteiger partial charge in [-0.15, -0.1) is 0 Å². The molecule has 0 radical (unpaired) electrons. The predicted molar refractivity (Wildman–Crippen MR) is 76.0 cm³/mol. The Morgan fingerprint density at radius 2 is 2.00 bits per heavy atom. The van der Waals surface area contributed by atoms with E-state index < -0.39 is 6.04 Å². The van der Waals surface area contributed by atoms with Gasteiger partial charge in [0.15, 0.2) is 0 Å². The van der Waals surface area contributed by atoms with Crippen LogP contribution in [0.1, 0.15) is 18.1 Å². The van der Waals surface area contributed by atoms with Crippen LogP contribution in [0.15, 0.2) is 18.2 Å². The molecule has 0 fully saturated rings. The summed E-state index contributed by atoms with van der Waals surface area (Å²) in [5, 5.41) is 5.36. The molecule has 0 spiro atoms. The maximum atomic E-state index is 12.0. The molecule has 1 aromatic carbocycles. The predicted octanol–water partition coefficient (Wildman–Crippen LogP) is 1.68. The van der Waals surface area contributed by atoms with Crippen LogP contribution in [0.5, 0.6) is 0 Å². The van der Waals surface area contributed by atoms with E-state index in [1.165, 1.54) is 6.92 Å². The number of nitrogens with one attached hydrogen (secondary N) is 2. The molecule has 0 saturated heterocycles. The molecule has 0 heterocycles. The Labute approximate surface area is 113 Å². The number of hydrogen-bond donors (Lipinski definition) is 3. The summed E-state index contributed by atoms with van der Waals surface area (Å²) in [6.07, 6.45) is 0. The van der Waals surface area contributed by atoms with E-state index in [2.05, 4.69) is 23.3 Å². The monoisotopic (exact) mass is 266 g/mol. The Morgan fingerprint density at radius 1 is 1.33 bits per heavy atom. The number of amides is 2. The number of carbonyl (C=O) groups excluding carboxylic acids is 2. The second-order valence-electron chi connectivity index (χ2n) is 4.17. The lowest BCUT2D eigenvalue weighted by atomic mass is 10.1. The molecule has 0 aliphatic carbocycles. The summed E-state index contributed by atoms with van der Waals surface area (Å²) in [5.41, 5.74) is 2.89. The third-order valence-electron chi connectivity index (χ3n) is 2.74. The quantitative estimate of drug-likeness (QED) is 0.726. The van der Waals surface area contributed by atoms with Crippen molar-refractivity contribution in [2.75, 3.05) is 11.1 Å². The molecule has 2 amide bonds. The summed E-state index contributed by atoms with van der Waals surface area (Å²) >= 11 is 4.07. The van der Waals surface area contributed by atoms with Crippen molar-refractivity contribution in [3.63, 3.8) is 0 Å². The van der Waals surface area contributed by atoms with Crippen LogP contribution in [0.25, 0.3) is 0 Å². The van der Waals surface area contributed by atoms with E-state index in [1.807, 2.05) is 32.0 Å². The van der Waals surface area contributed by atoms with E-state index in [4.69, 9.17) is 0 Å². The van der Waals surface area contributed by atoms with Crippen LogP contribution < -0.4 is 10.6 Å². The van der Waals surface area contributed by atoms with Gasteiger partial charge in [0.25, 0.3) is 0 Å². The Hall–Kier alpha value is -1.49. The van der Waals surface area contributed by atoms with Gasteiger partial charge in [-0.2, -0.15) is 12.6 Å². The zero-order valence-corrected chi connectivity index (χ0v) is 11.7. The molecule has 18 heavy (non-hydrogen) atoms. The summed E-state index contributed by atoms with van der Waals surface area (Å²) in [5.74, 6) is -0.241. The van der Waals surface area contributed by atoms with Gasteiger partial charge < -0.3 is 10.6 Å². The topological polar surface area (TPSA) is 58.2 Å². The Kier molecular flexibility index (Phi) is 5.22. The van der Waals surface area contributed by atoms with Crippen molar-refractivity contribution in [3.8, 4) is 0 Å². The third-order valence-corrected chi connectivity index (χ3v) is 3.10. The standard InChI is InChI=1S/C13H18N2O2S/c1-8-5-4-6-11(9(8)2)15-13(17)12(7-18)14-10(3)16/h4-6,12,18H,7H2,1-3H3,(H,14,16)(H,15,17). The summed E-state index contributed by atoms with van der Waals surface area (Å²) < 4.78 is 0. The Balaban J connectivity index is 2.80. The second kappa shape index (κ2) is 6.44. The van der Waals surface area contributed by atoms with E-state index in [0.29, 0.717) is 0 Å². The highest BCUT2D eigenvalue weighted by Gasteiger charge is 2.18. The number of aryl methyl sites for hydroxylation is 1. The zero-order chi connectivity index (χ0) is 13.7. The van der Waals surface area contributed by atoms with Gasteiger partial charge in [-0.05, 0) is 31.0 Å². The van der Waals surface area contributed by atoms with E-state index in [1.54, 1.807) is 0 Å². The molecule has 0 bridgehead atoms. The van der Waals surface area contributed by atoms with E-state index >= 15 is 0 Å². The molecule has 0 aliphatic heterocycles. The molecule has 1 unspecified atom stereocenters. The van der Waals surface area contributed by atoms with Gasteiger partial charge in [-0.3, -0.25) is 9.59 Å².